The number of carbonyl (C=O) groups excluding carboxylic acids is 2. The van der Waals surface area contributed by atoms with E-state index in [1.165, 1.54) is 18.4 Å². The summed E-state index contributed by atoms with van der Waals surface area (Å²) in [7, 11) is 3.90. The normalized spacial score (nSPS) is 20.8. The molecule has 1 aliphatic carbocycles. The lowest BCUT2D eigenvalue weighted by Gasteiger charge is -2.38. The number of nitrogens with zero attached hydrogens (tertiary/aromatic N) is 5. The van der Waals surface area contributed by atoms with E-state index in [1.807, 2.05) is 25.4 Å². The Morgan fingerprint density at radius 2 is 1.84 bits per heavy atom. The first kappa shape index (κ1) is 25.3. The minimum Gasteiger partial charge on any atom is -0.446 e. The Kier molecular flexibility index (Phi) is 7.73. The molecule has 0 spiro atoms. The fourth-order valence-corrected chi connectivity index (χ4v) is 5.05. The molecule has 3 aliphatic rings. The number of hydrogen-bond acceptors (Lipinski definition) is 7. The van der Waals surface area contributed by atoms with E-state index in [-0.39, 0.29) is 18.2 Å². The van der Waals surface area contributed by atoms with Crippen molar-refractivity contribution in [2.24, 2.45) is 0 Å². The largest absolute Gasteiger partial charge is 0.446 e. The van der Waals surface area contributed by atoms with Crippen LogP contribution in [-0.2, 0) is 4.74 Å². The first-order valence-electron chi connectivity index (χ1n) is 13.3. The van der Waals surface area contributed by atoms with Crippen LogP contribution in [0.4, 0.5) is 26.9 Å². The van der Waals surface area contributed by atoms with Gasteiger partial charge < -0.3 is 19.4 Å². The lowest BCUT2D eigenvalue weighted by atomic mass is 10.0. The zero-order valence-corrected chi connectivity index (χ0v) is 21.7. The van der Waals surface area contributed by atoms with Crippen molar-refractivity contribution in [3.63, 3.8) is 0 Å². The SMILES string of the molecule is CN1CCC(OC(=O)Nc2ccnc(N3CCC[C@@H](N(C)C(=O)Nc4ccc(C5CC5)cn4)C3)c2)CC1. The van der Waals surface area contributed by atoms with E-state index < -0.39 is 6.09 Å². The van der Waals surface area contributed by atoms with Crippen molar-refractivity contribution in [2.75, 3.05) is 55.8 Å². The van der Waals surface area contributed by atoms with Crippen LogP contribution in [0.5, 0.6) is 0 Å². The van der Waals surface area contributed by atoms with Gasteiger partial charge in [-0.05, 0) is 69.2 Å². The summed E-state index contributed by atoms with van der Waals surface area (Å²) in [4.78, 5) is 40.5. The van der Waals surface area contributed by atoms with Gasteiger partial charge in [0.25, 0.3) is 0 Å². The molecule has 0 aromatic carbocycles. The van der Waals surface area contributed by atoms with Crippen LogP contribution in [0.15, 0.2) is 36.7 Å². The average Bonchev–Trinajstić information content (AvgIpc) is 3.76. The first-order chi connectivity index (χ1) is 17.9. The summed E-state index contributed by atoms with van der Waals surface area (Å²) in [5, 5.41) is 5.78. The third-order valence-electron chi connectivity index (χ3n) is 7.59. The number of amides is 3. The predicted molar refractivity (Wildman–Crippen MR) is 143 cm³/mol. The van der Waals surface area contributed by atoms with Gasteiger partial charge in [0.05, 0.1) is 6.04 Å². The number of likely N-dealkylation sites (tertiary alicyclic amines) is 1. The molecular weight excluding hydrogens is 470 g/mol. The van der Waals surface area contributed by atoms with Crippen molar-refractivity contribution in [1.29, 1.82) is 0 Å². The maximum Gasteiger partial charge on any atom is 0.411 e. The highest BCUT2D eigenvalue weighted by atomic mass is 16.6. The Bertz CT molecular complexity index is 1080. The molecule has 2 aromatic heterocycles. The second kappa shape index (κ2) is 11.3. The van der Waals surface area contributed by atoms with Crippen LogP contribution in [0.1, 0.15) is 50.0 Å². The highest BCUT2D eigenvalue weighted by Crippen LogP contribution is 2.39. The molecule has 2 aromatic rings. The molecular formula is C27H37N7O3. The van der Waals surface area contributed by atoms with Crippen LogP contribution in [-0.4, -0.2) is 84.3 Å². The number of likely N-dealkylation sites (N-methyl/N-ethyl adjacent to an activating group) is 1. The van der Waals surface area contributed by atoms with Gasteiger partial charge in [-0.25, -0.2) is 19.6 Å². The Morgan fingerprint density at radius 3 is 2.57 bits per heavy atom. The molecule has 0 bridgehead atoms. The maximum atomic E-state index is 12.9. The van der Waals surface area contributed by atoms with Gasteiger partial charge >= 0.3 is 12.1 Å². The van der Waals surface area contributed by atoms with Gasteiger partial charge in [0.15, 0.2) is 0 Å². The topological polar surface area (TPSA) is 103 Å². The van der Waals surface area contributed by atoms with Crippen molar-refractivity contribution in [3.05, 3.63) is 42.2 Å². The Hall–Kier alpha value is -3.40. The fourth-order valence-electron chi connectivity index (χ4n) is 5.05. The van der Waals surface area contributed by atoms with Crippen LogP contribution in [0.25, 0.3) is 0 Å². The third-order valence-corrected chi connectivity index (χ3v) is 7.59. The van der Waals surface area contributed by atoms with Gasteiger partial charge in [0, 0.05) is 57.4 Å². The number of hydrogen-bond donors (Lipinski definition) is 2. The Balaban J connectivity index is 1.14. The molecule has 4 heterocycles. The van der Waals surface area contributed by atoms with E-state index in [0.717, 1.165) is 51.1 Å². The van der Waals surface area contributed by atoms with Crippen LogP contribution >= 0.6 is 0 Å². The second-order valence-corrected chi connectivity index (χ2v) is 10.5. The summed E-state index contributed by atoms with van der Waals surface area (Å²) in [5.41, 5.74) is 1.89. The van der Waals surface area contributed by atoms with Crippen molar-refractivity contribution in [1.82, 2.24) is 19.8 Å². The molecule has 2 N–H and O–H groups in total. The highest BCUT2D eigenvalue weighted by molar-refractivity contribution is 5.88. The smallest absolute Gasteiger partial charge is 0.411 e. The lowest BCUT2D eigenvalue weighted by molar-refractivity contribution is 0.0662. The maximum absolute atomic E-state index is 12.9. The number of aromatic nitrogens is 2. The van der Waals surface area contributed by atoms with E-state index >= 15 is 0 Å². The fraction of sp³-hybridized carbons (Fsp3) is 0.556. The van der Waals surface area contributed by atoms with Crippen LogP contribution in [0, 0.1) is 0 Å². The number of rotatable bonds is 6. The van der Waals surface area contributed by atoms with Gasteiger partial charge in [-0.2, -0.15) is 0 Å². The van der Waals surface area contributed by atoms with Crippen LogP contribution in [0.2, 0.25) is 0 Å². The molecule has 3 fully saturated rings. The third kappa shape index (κ3) is 6.68. The summed E-state index contributed by atoms with van der Waals surface area (Å²) in [6.07, 6.45) is 9.09. The Morgan fingerprint density at radius 1 is 1.03 bits per heavy atom. The van der Waals surface area contributed by atoms with E-state index in [4.69, 9.17) is 4.74 Å². The molecule has 10 nitrogen and oxygen atoms in total. The standard InChI is InChI=1S/C27H37N7O3/c1-32-14-10-23(11-15-32)37-27(36)30-21-9-12-28-25(16-21)34-13-3-4-22(18-34)33(2)26(35)31-24-8-7-20(17-29-24)19-5-6-19/h7-9,12,16-17,19,22-23H,3-6,10-11,13-15,18H2,1-2H3,(H,28,30,36)(H,29,31,35)/t22-/m1/s1. The molecule has 0 unspecified atom stereocenters. The van der Waals surface area contributed by atoms with Crippen molar-refractivity contribution in [2.45, 2.75) is 56.6 Å². The average molecular weight is 508 g/mol. The van der Waals surface area contributed by atoms with E-state index in [0.29, 0.717) is 24.0 Å². The van der Waals surface area contributed by atoms with Crippen molar-refractivity contribution >= 4 is 29.4 Å². The van der Waals surface area contributed by atoms with Crippen LogP contribution in [0.3, 0.4) is 0 Å². The summed E-state index contributed by atoms with van der Waals surface area (Å²) in [6.45, 7) is 3.37. The molecule has 198 valence electrons. The molecule has 1 atom stereocenters. The predicted octanol–water partition coefficient (Wildman–Crippen LogP) is 4.13. The molecule has 37 heavy (non-hydrogen) atoms. The minimum absolute atomic E-state index is 0.0345. The molecule has 3 amide bonds. The van der Waals surface area contributed by atoms with E-state index in [9.17, 15) is 9.59 Å². The van der Waals surface area contributed by atoms with Crippen molar-refractivity contribution < 1.29 is 14.3 Å². The van der Waals surface area contributed by atoms with Crippen LogP contribution < -0.4 is 15.5 Å². The molecule has 1 saturated carbocycles. The number of piperidine rings is 2. The molecule has 5 rings (SSSR count). The zero-order valence-electron chi connectivity index (χ0n) is 21.7. The van der Waals surface area contributed by atoms with Crippen molar-refractivity contribution in [3.8, 4) is 0 Å². The van der Waals surface area contributed by atoms with Gasteiger partial charge in [-0.15, -0.1) is 0 Å². The molecule has 10 heteroatoms. The van der Waals surface area contributed by atoms with Gasteiger partial charge in [-0.1, -0.05) is 6.07 Å². The highest BCUT2D eigenvalue weighted by Gasteiger charge is 2.28. The second-order valence-electron chi connectivity index (χ2n) is 10.5. The van der Waals surface area contributed by atoms with E-state index in [2.05, 4.69) is 43.5 Å². The van der Waals surface area contributed by atoms with E-state index in [1.54, 1.807) is 17.2 Å². The number of nitrogens with one attached hydrogen (secondary N) is 2. The number of carbonyl (C=O) groups is 2. The molecule has 0 radical (unpaired) electrons. The van der Waals surface area contributed by atoms with Gasteiger partial charge in [0.2, 0.25) is 0 Å². The summed E-state index contributed by atoms with van der Waals surface area (Å²) >= 11 is 0. The quantitative estimate of drug-likeness (QED) is 0.606. The lowest BCUT2D eigenvalue weighted by Crippen LogP contribution is -2.50. The summed E-state index contributed by atoms with van der Waals surface area (Å²) in [5.74, 6) is 1.98. The first-order valence-corrected chi connectivity index (χ1v) is 13.3. The number of anilines is 3. The summed E-state index contributed by atoms with van der Waals surface area (Å²) in [6, 6.07) is 7.43. The number of ether oxygens (including phenoxy) is 1. The monoisotopic (exact) mass is 507 g/mol. The van der Waals surface area contributed by atoms with Gasteiger partial charge in [0.1, 0.15) is 17.7 Å². The minimum atomic E-state index is -0.432. The molecule has 2 saturated heterocycles. The summed E-state index contributed by atoms with van der Waals surface area (Å²) < 4.78 is 5.61. The zero-order chi connectivity index (χ0) is 25.8. The number of pyridine rings is 2. The Labute approximate surface area is 218 Å². The van der Waals surface area contributed by atoms with Gasteiger partial charge in [-0.3, -0.25) is 10.6 Å². The molecule has 2 aliphatic heterocycles. The number of urea groups is 1.